The largest absolute Gasteiger partial charge is 0.491 e. The van der Waals surface area contributed by atoms with E-state index in [2.05, 4.69) is 10.4 Å². The molecule has 1 aromatic heterocycles. The van der Waals surface area contributed by atoms with Crippen molar-refractivity contribution in [3.63, 3.8) is 0 Å². The van der Waals surface area contributed by atoms with Gasteiger partial charge in [0, 0.05) is 18.7 Å². The normalized spacial score (nSPS) is 17.2. The SMILES string of the molecule is CC(C)n1nccc1NC(=O)[C@H](C)OC(=O)c1ccc(OC[C@H]2CCCO2)cc1. The Morgan fingerprint density at radius 2 is 2.00 bits per heavy atom. The first-order valence-corrected chi connectivity index (χ1v) is 9.84. The second-order valence-corrected chi connectivity index (χ2v) is 7.26. The van der Waals surface area contributed by atoms with Gasteiger partial charge in [-0.2, -0.15) is 5.10 Å². The molecule has 0 bridgehead atoms. The molecule has 1 amide bonds. The molecule has 1 aromatic carbocycles. The van der Waals surface area contributed by atoms with Crippen molar-refractivity contribution in [1.29, 1.82) is 0 Å². The number of ether oxygens (including phenoxy) is 3. The molecular weight excluding hydrogens is 374 g/mol. The maximum Gasteiger partial charge on any atom is 0.338 e. The molecule has 1 fully saturated rings. The fourth-order valence-corrected chi connectivity index (χ4v) is 2.99. The van der Waals surface area contributed by atoms with Crippen LogP contribution in [0, 0.1) is 0 Å². The van der Waals surface area contributed by atoms with E-state index in [1.165, 1.54) is 6.92 Å². The number of nitrogens with one attached hydrogen (secondary N) is 1. The molecule has 1 saturated heterocycles. The summed E-state index contributed by atoms with van der Waals surface area (Å²) < 4.78 is 18.2. The highest BCUT2D eigenvalue weighted by molar-refractivity contribution is 5.96. The van der Waals surface area contributed by atoms with Gasteiger partial charge in [-0.05, 0) is 57.9 Å². The minimum Gasteiger partial charge on any atom is -0.491 e. The van der Waals surface area contributed by atoms with Gasteiger partial charge in [-0.3, -0.25) is 4.79 Å². The summed E-state index contributed by atoms with van der Waals surface area (Å²) in [7, 11) is 0. The number of nitrogens with zero attached hydrogens (tertiary/aromatic N) is 2. The van der Waals surface area contributed by atoms with Gasteiger partial charge < -0.3 is 19.5 Å². The van der Waals surface area contributed by atoms with E-state index >= 15 is 0 Å². The highest BCUT2D eigenvalue weighted by atomic mass is 16.5. The van der Waals surface area contributed by atoms with Crippen LogP contribution in [0.1, 0.15) is 50.0 Å². The Morgan fingerprint density at radius 3 is 2.66 bits per heavy atom. The van der Waals surface area contributed by atoms with Crippen molar-refractivity contribution in [3.05, 3.63) is 42.1 Å². The molecule has 2 aromatic rings. The Morgan fingerprint density at radius 1 is 1.24 bits per heavy atom. The fraction of sp³-hybridized carbons (Fsp3) is 0.476. The van der Waals surface area contributed by atoms with Gasteiger partial charge in [-0.15, -0.1) is 0 Å². The minimum atomic E-state index is -0.951. The molecular formula is C21H27N3O5. The predicted molar refractivity (Wildman–Crippen MR) is 107 cm³/mol. The summed E-state index contributed by atoms with van der Waals surface area (Å²) >= 11 is 0. The van der Waals surface area contributed by atoms with Crippen LogP contribution in [-0.4, -0.2) is 47.1 Å². The zero-order valence-corrected chi connectivity index (χ0v) is 17.0. The minimum absolute atomic E-state index is 0.0964. The van der Waals surface area contributed by atoms with Gasteiger partial charge in [0.25, 0.3) is 5.91 Å². The van der Waals surface area contributed by atoms with Crippen LogP contribution < -0.4 is 10.1 Å². The Kier molecular flexibility index (Phi) is 6.87. The van der Waals surface area contributed by atoms with Crippen molar-refractivity contribution in [2.45, 2.75) is 51.9 Å². The van der Waals surface area contributed by atoms with Gasteiger partial charge in [-0.1, -0.05) is 0 Å². The third-order valence-corrected chi connectivity index (χ3v) is 4.61. The predicted octanol–water partition coefficient (Wildman–Crippen LogP) is 3.21. The third-order valence-electron chi connectivity index (χ3n) is 4.61. The number of aromatic nitrogens is 2. The molecule has 2 atom stereocenters. The highest BCUT2D eigenvalue weighted by Crippen LogP contribution is 2.18. The molecule has 29 heavy (non-hydrogen) atoms. The number of benzene rings is 1. The van der Waals surface area contributed by atoms with E-state index in [9.17, 15) is 9.59 Å². The smallest absolute Gasteiger partial charge is 0.338 e. The lowest BCUT2D eigenvalue weighted by Gasteiger charge is -2.16. The van der Waals surface area contributed by atoms with Crippen molar-refractivity contribution < 1.29 is 23.8 Å². The molecule has 8 nitrogen and oxygen atoms in total. The van der Waals surface area contributed by atoms with Crippen molar-refractivity contribution in [2.24, 2.45) is 0 Å². The molecule has 8 heteroatoms. The molecule has 0 spiro atoms. The summed E-state index contributed by atoms with van der Waals surface area (Å²) in [6.45, 7) is 6.72. The quantitative estimate of drug-likeness (QED) is 0.683. The topological polar surface area (TPSA) is 91.7 Å². The van der Waals surface area contributed by atoms with Crippen LogP contribution in [0.15, 0.2) is 36.5 Å². The summed E-state index contributed by atoms with van der Waals surface area (Å²) in [6.07, 6.45) is 2.85. The summed E-state index contributed by atoms with van der Waals surface area (Å²) in [6, 6.07) is 8.44. The molecule has 2 heterocycles. The number of esters is 1. The molecule has 3 rings (SSSR count). The summed E-state index contributed by atoms with van der Waals surface area (Å²) in [5.74, 6) is 0.221. The van der Waals surface area contributed by atoms with Gasteiger partial charge >= 0.3 is 5.97 Å². The van der Waals surface area contributed by atoms with E-state index in [4.69, 9.17) is 14.2 Å². The Bertz CT molecular complexity index is 825. The lowest BCUT2D eigenvalue weighted by molar-refractivity contribution is -0.123. The number of anilines is 1. The van der Waals surface area contributed by atoms with E-state index in [0.717, 1.165) is 19.4 Å². The number of carbonyl (C=O) groups is 2. The van der Waals surface area contributed by atoms with Crippen molar-refractivity contribution in [3.8, 4) is 5.75 Å². The Hall–Kier alpha value is -2.87. The maximum atomic E-state index is 12.4. The Balaban J connectivity index is 1.50. The van der Waals surface area contributed by atoms with E-state index in [1.54, 1.807) is 41.2 Å². The van der Waals surface area contributed by atoms with E-state index in [0.29, 0.717) is 23.7 Å². The molecule has 0 saturated carbocycles. The monoisotopic (exact) mass is 401 g/mol. The van der Waals surface area contributed by atoms with Gasteiger partial charge in [0.1, 0.15) is 18.2 Å². The summed E-state index contributed by atoms with van der Waals surface area (Å²) in [4.78, 5) is 24.7. The molecule has 1 aliphatic rings. The highest BCUT2D eigenvalue weighted by Gasteiger charge is 2.21. The number of hydrogen-bond acceptors (Lipinski definition) is 6. The van der Waals surface area contributed by atoms with E-state index in [-0.39, 0.29) is 12.1 Å². The van der Waals surface area contributed by atoms with Crippen molar-refractivity contribution in [1.82, 2.24) is 9.78 Å². The molecule has 0 aliphatic carbocycles. The molecule has 0 unspecified atom stereocenters. The van der Waals surface area contributed by atoms with Gasteiger partial charge in [0.2, 0.25) is 0 Å². The van der Waals surface area contributed by atoms with Gasteiger partial charge in [0.05, 0.1) is 17.9 Å². The zero-order chi connectivity index (χ0) is 20.8. The van der Waals surface area contributed by atoms with Crippen LogP contribution in [0.3, 0.4) is 0 Å². The van der Waals surface area contributed by atoms with Crippen LogP contribution in [0.25, 0.3) is 0 Å². The van der Waals surface area contributed by atoms with Crippen molar-refractivity contribution in [2.75, 3.05) is 18.5 Å². The lowest BCUT2D eigenvalue weighted by Crippen LogP contribution is -2.31. The van der Waals surface area contributed by atoms with Crippen LogP contribution >= 0.6 is 0 Å². The molecule has 1 aliphatic heterocycles. The number of amides is 1. The Labute approximate surface area is 170 Å². The fourth-order valence-electron chi connectivity index (χ4n) is 2.99. The first-order valence-electron chi connectivity index (χ1n) is 9.84. The molecule has 156 valence electrons. The molecule has 0 radical (unpaired) electrons. The van der Waals surface area contributed by atoms with Crippen LogP contribution in [0.4, 0.5) is 5.82 Å². The second-order valence-electron chi connectivity index (χ2n) is 7.26. The lowest BCUT2D eigenvalue weighted by atomic mass is 10.2. The molecule has 1 N–H and O–H groups in total. The van der Waals surface area contributed by atoms with Crippen LogP contribution in [-0.2, 0) is 14.3 Å². The van der Waals surface area contributed by atoms with E-state index in [1.807, 2.05) is 13.8 Å². The average molecular weight is 401 g/mol. The summed E-state index contributed by atoms with van der Waals surface area (Å²) in [5.41, 5.74) is 0.348. The number of carbonyl (C=O) groups excluding carboxylic acids is 2. The zero-order valence-electron chi connectivity index (χ0n) is 17.0. The third kappa shape index (κ3) is 5.57. The van der Waals surface area contributed by atoms with E-state index < -0.39 is 18.0 Å². The average Bonchev–Trinajstić information content (AvgIpc) is 3.38. The number of hydrogen-bond donors (Lipinski definition) is 1. The maximum absolute atomic E-state index is 12.4. The number of rotatable bonds is 8. The first kappa shape index (κ1) is 20.9. The van der Waals surface area contributed by atoms with Crippen LogP contribution in [0.5, 0.6) is 5.75 Å². The second kappa shape index (κ2) is 9.56. The van der Waals surface area contributed by atoms with Crippen molar-refractivity contribution >= 4 is 17.7 Å². The standard InChI is InChI=1S/C21H27N3O5/c1-14(2)24-19(10-11-22-24)23-20(25)15(3)29-21(26)16-6-8-17(9-7-16)28-13-18-5-4-12-27-18/h6-11,14-15,18H,4-5,12-13H2,1-3H3,(H,23,25)/t15-,18+/m0/s1. The first-order chi connectivity index (χ1) is 13.9. The van der Waals surface area contributed by atoms with Gasteiger partial charge in [-0.25, -0.2) is 9.48 Å². The van der Waals surface area contributed by atoms with Gasteiger partial charge in [0.15, 0.2) is 6.10 Å². The van der Waals surface area contributed by atoms with Crippen LogP contribution in [0.2, 0.25) is 0 Å². The summed E-state index contributed by atoms with van der Waals surface area (Å²) in [5, 5.41) is 6.89.